The van der Waals surface area contributed by atoms with Gasteiger partial charge in [-0.3, -0.25) is 4.90 Å². The molecule has 1 aromatic rings. The number of piperazine rings is 1. The first-order valence-electron chi connectivity index (χ1n) is 7.35. The summed E-state index contributed by atoms with van der Waals surface area (Å²) in [5.74, 6) is -0.640. The molecule has 1 saturated heterocycles. The average molecular weight is 305 g/mol. The topological polar surface area (TPSA) is 45.7 Å². The van der Waals surface area contributed by atoms with Crippen LogP contribution in [0.3, 0.4) is 0 Å². The third-order valence-corrected chi connectivity index (χ3v) is 3.35. The van der Waals surface area contributed by atoms with Crippen LogP contribution in [0.15, 0.2) is 12.3 Å². The largest absolute Gasteiger partial charge is 0.444 e. The van der Waals surface area contributed by atoms with Crippen LogP contribution in [0.25, 0.3) is 0 Å². The van der Waals surface area contributed by atoms with Gasteiger partial charge in [-0.15, -0.1) is 0 Å². The number of aromatic nitrogens is 1. The number of hydrogen-bond acceptors (Lipinski definition) is 4. The summed E-state index contributed by atoms with van der Waals surface area (Å²) in [7, 11) is 5.52. The Morgan fingerprint density at radius 1 is 1.36 bits per heavy atom. The molecule has 1 aromatic heterocycles. The van der Waals surface area contributed by atoms with E-state index >= 15 is 0 Å². The highest BCUT2D eigenvalue weighted by Gasteiger charge is 2.25. The van der Waals surface area contributed by atoms with Crippen LogP contribution in [0, 0.1) is 5.95 Å². The molecular weight excluding hydrogens is 284 g/mol. The molecule has 0 spiro atoms. The highest BCUT2D eigenvalue weighted by atomic mass is 19.1. The highest BCUT2D eigenvalue weighted by Crippen LogP contribution is 2.13. The minimum atomic E-state index is -0.640. The summed E-state index contributed by atoms with van der Waals surface area (Å²) in [5, 5.41) is 0. The van der Waals surface area contributed by atoms with Crippen LogP contribution in [0.5, 0.6) is 0 Å². The van der Waals surface area contributed by atoms with Crippen LogP contribution in [-0.2, 0) is 11.3 Å². The Hall–Kier alpha value is -1.63. The number of rotatable bonds is 2. The highest BCUT2D eigenvalue weighted by molar-refractivity contribution is 6.32. The predicted octanol–water partition coefficient (Wildman–Crippen LogP) is 1.07. The normalized spacial score (nSPS) is 16.6. The van der Waals surface area contributed by atoms with E-state index in [2.05, 4.69) is 9.88 Å². The molecule has 1 amide bonds. The number of nitrogens with zero attached hydrogens (tertiary/aromatic N) is 3. The number of amides is 1. The van der Waals surface area contributed by atoms with Crippen molar-refractivity contribution in [3.8, 4) is 0 Å². The lowest BCUT2D eigenvalue weighted by molar-refractivity contribution is 0.0139. The van der Waals surface area contributed by atoms with Gasteiger partial charge in [0.25, 0.3) is 0 Å². The Bertz CT molecular complexity index is 540. The lowest BCUT2D eigenvalue weighted by Gasteiger charge is -2.35. The van der Waals surface area contributed by atoms with E-state index in [1.54, 1.807) is 11.0 Å². The predicted molar refractivity (Wildman–Crippen MR) is 82.7 cm³/mol. The maximum atomic E-state index is 13.0. The molecule has 22 heavy (non-hydrogen) atoms. The van der Waals surface area contributed by atoms with Gasteiger partial charge in [-0.1, -0.05) is 6.07 Å². The zero-order chi connectivity index (χ0) is 16.3. The van der Waals surface area contributed by atoms with Gasteiger partial charge in [-0.25, -0.2) is 9.78 Å². The monoisotopic (exact) mass is 305 g/mol. The van der Waals surface area contributed by atoms with Crippen molar-refractivity contribution in [2.24, 2.45) is 0 Å². The van der Waals surface area contributed by atoms with Crippen LogP contribution in [0.4, 0.5) is 9.18 Å². The number of carbonyl (C=O) groups excluding carboxylic acids is 1. The van der Waals surface area contributed by atoms with Gasteiger partial charge in [0.2, 0.25) is 5.95 Å². The zero-order valence-corrected chi connectivity index (χ0v) is 13.3. The molecule has 0 aliphatic carbocycles. The van der Waals surface area contributed by atoms with E-state index in [1.165, 1.54) is 6.20 Å². The lowest BCUT2D eigenvalue weighted by atomic mass is 9.96. The van der Waals surface area contributed by atoms with Gasteiger partial charge < -0.3 is 9.64 Å². The Balaban J connectivity index is 1.84. The molecule has 0 bridgehead atoms. The maximum Gasteiger partial charge on any atom is 0.410 e. The molecule has 2 heterocycles. The van der Waals surface area contributed by atoms with Gasteiger partial charge in [0.05, 0.1) is 0 Å². The Morgan fingerprint density at radius 2 is 2.00 bits per heavy atom. The van der Waals surface area contributed by atoms with Crippen LogP contribution in [-0.4, -0.2) is 60.5 Å². The van der Waals surface area contributed by atoms with Crippen LogP contribution in [0.1, 0.15) is 26.3 Å². The molecule has 5 nitrogen and oxygen atoms in total. The fourth-order valence-electron chi connectivity index (χ4n) is 2.27. The third-order valence-electron chi connectivity index (χ3n) is 3.35. The molecule has 0 atom stereocenters. The quantitative estimate of drug-likeness (QED) is 0.606. The van der Waals surface area contributed by atoms with Crippen molar-refractivity contribution < 1.29 is 13.9 Å². The van der Waals surface area contributed by atoms with Crippen LogP contribution < -0.4 is 5.46 Å². The van der Waals surface area contributed by atoms with Gasteiger partial charge >= 0.3 is 6.09 Å². The first-order chi connectivity index (χ1) is 10.2. The number of carbonyl (C=O) groups is 1. The summed E-state index contributed by atoms with van der Waals surface area (Å²) >= 11 is 0. The maximum absolute atomic E-state index is 13.0. The third kappa shape index (κ3) is 4.69. The Kier molecular flexibility index (Phi) is 5.06. The molecule has 2 radical (unpaired) electrons. The second-order valence-electron chi connectivity index (χ2n) is 6.47. The van der Waals surface area contributed by atoms with Gasteiger partial charge in [-0.2, -0.15) is 4.39 Å². The number of halogens is 1. The molecule has 0 saturated carbocycles. The second kappa shape index (κ2) is 6.65. The smallest absolute Gasteiger partial charge is 0.410 e. The minimum absolute atomic E-state index is 0.0601. The number of hydrogen-bond donors (Lipinski definition) is 0. The van der Waals surface area contributed by atoms with Gasteiger partial charge in [0, 0.05) is 38.9 Å². The van der Waals surface area contributed by atoms with Crippen molar-refractivity contribution in [2.75, 3.05) is 26.2 Å². The van der Waals surface area contributed by atoms with Crippen molar-refractivity contribution in [1.29, 1.82) is 0 Å². The summed E-state index contributed by atoms with van der Waals surface area (Å²) in [6.07, 6.45) is 1.21. The number of pyridine rings is 1. The summed E-state index contributed by atoms with van der Waals surface area (Å²) in [4.78, 5) is 19.5. The van der Waals surface area contributed by atoms with Crippen molar-refractivity contribution in [3.63, 3.8) is 0 Å². The second-order valence-corrected chi connectivity index (χ2v) is 6.47. The van der Waals surface area contributed by atoms with Gasteiger partial charge in [-0.05, 0) is 31.8 Å². The molecular formula is C15H21BFN3O2. The molecule has 0 aromatic carbocycles. The van der Waals surface area contributed by atoms with E-state index in [0.29, 0.717) is 19.6 Å². The lowest BCUT2D eigenvalue weighted by Crippen LogP contribution is -2.49. The van der Waals surface area contributed by atoms with Crippen LogP contribution >= 0.6 is 0 Å². The Morgan fingerprint density at radius 3 is 2.55 bits per heavy atom. The van der Waals surface area contributed by atoms with E-state index < -0.39 is 11.5 Å². The van der Waals surface area contributed by atoms with E-state index in [4.69, 9.17) is 12.6 Å². The first kappa shape index (κ1) is 16.7. The summed E-state index contributed by atoms with van der Waals surface area (Å²) in [5.41, 5.74) is 0.445. The molecule has 0 unspecified atom stereocenters. The van der Waals surface area contributed by atoms with Crippen LogP contribution in [0.2, 0.25) is 0 Å². The summed E-state index contributed by atoms with van der Waals surface area (Å²) in [6.45, 7) is 8.89. The zero-order valence-electron chi connectivity index (χ0n) is 13.3. The molecule has 7 heteroatoms. The SMILES string of the molecule is [B]c1cc(CN2CCN(C(=O)OC(C)(C)C)CC2)cnc1F. The Labute approximate surface area is 131 Å². The van der Waals surface area contributed by atoms with Crippen molar-refractivity contribution in [1.82, 2.24) is 14.8 Å². The molecule has 0 N–H and O–H groups in total. The number of ether oxygens (including phenoxy) is 1. The molecule has 1 fully saturated rings. The minimum Gasteiger partial charge on any atom is -0.444 e. The van der Waals surface area contributed by atoms with E-state index in [9.17, 15) is 9.18 Å². The summed E-state index contributed by atoms with van der Waals surface area (Å²) in [6, 6.07) is 1.60. The average Bonchev–Trinajstić information content (AvgIpc) is 2.42. The van der Waals surface area contributed by atoms with Crippen molar-refractivity contribution in [2.45, 2.75) is 32.9 Å². The summed E-state index contributed by atoms with van der Waals surface area (Å²) < 4.78 is 18.4. The van der Waals surface area contributed by atoms with Crippen molar-refractivity contribution >= 4 is 19.4 Å². The van der Waals surface area contributed by atoms with E-state index in [-0.39, 0.29) is 11.6 Å². The van der Waals surface area contributed by atoms with Gasteiger partial charge in [0.1, 0.15) is 13.4 Å². The molecule has 1 aliphatic rings. The van der Waals surface area contributed by atoms with E-state index in [0.717, 1.165) is 18.7 Å². The fourth-order valence-corrected chi connectivity index (χ4v) is 2.27. The van der Waals surface area contributed by atoms with E-state index in [1.807, 2.05) is 20.8 Å². The molecule has 1 aliphatic heterocycles. The van der Waals surface area contributed by atoms with Gasteiger partial charge in [0.15, 0.2) is 0 Å². The molecule has 118 valence electrons. The van der Waals surface area contributed by atoms with Crippen molar-refractivity contribution in [3.05, 3.63) is 23.8 Å². The fraction of sp³-hybridized carbons (Fsp3) is 0.600. The standard InChI is InChI=1S/C15H21BFN3O2/c1-15(2,3)22-14(21)20-6-4-19(5-7-20)10-11-8-12(16)13(17)18-9-11/h8-9H,4-7,10H2,1-3H3. The first-order valence-corrected chi connectivity index (χ1v) is 7.35. The molecule has 2 rings (SSSR count).